The predicted octanol–water partition coefficient (Wildman–Crippen LogP) is 4.14. The molecule has 0 fully saturated rings. The van der Waals surface area contributed by atoms with Crippen LogP contribution in [0.5, 0.6) is 0 Å². The van der Waals surface area contributed by atoms with Gasteiger partial charge in [-0.05, 0) is 17.5 Å². The average Bonchev–Trinajstić information content (AvgIpc) is 2.71. The van der Waals surface area contributed by atoms with Gasteiger partial charge in [-0.15, -0.1) is 11.3 Å². The van der Waals surface area contributed by atoms with E-state index >= 15 is 0 Å². The zero-order valence-corrected chi connectivity index (χ0v) is 10.5. The summed E-state index contributed by atoms with van der Waals surface area (Å²) in [5.74, 6) is -0.683. The van der Waals surface area contributed by atoms with E-state index in [2.05, 4.69) is 18.8 Å². The molecule has 1 aromatic carbocycles. The molecular formula is C13H13F2NS. The second kappa shape index (κ2) is 4.92. The molecule has 0 bridgehead atoms. The standard InChI is InChI=1S/C13H13F2NS/c1-8(2)12-7-17-13(16-12)5-9-3-4-10(14)6-11(9)15/h3-4,6-8H,5H2,1-2H3. The molecule has 2 rings (SSSR count). The molecule has 17 heavy (non-hydrogen) atoms. The Morgan fingerprint density at radius 3 is 2.65 bits per heavy atom. The summed E-state index contributed by atoms with van der Waals surface area (Å²) in [5, 5.41) is 2.85. The summed E-state index contributed by atoms with van der Waals surface area (Å²) < 4.78 is 26.2. The van der Waals surface area contributed by atoms with E-state index in [1.165, 1.54) is 23.5 Å². The van der Waals surface area contributed by atoms with Gasteiger partial charge in [-0.25, -0.2) is 13.8 Å². The lowest BCUT2D eigenvalue weighted by Gasteiger charge is -2.01. The fraction of sp³-hybridized carbons (Fsp3) is 0.308. The van der Waals surface area contributed by atoms with Gasteiger partial charge in [0, 0.05) is 17.9 Å². The van der Waals surface area contributed by atoms with Crippen molar-refractivity contribution in [1.29, 1.82) is 0 Å². The number of benzene rings is 1. The highest BCUT2D eigenvalue weighted by atomic mass is 32.1. The predicted molar refractivity (Wildman–Crippen MR) is 65.4 cm³/mol. The number of thiazole rings is 1. The number of hydrogen-bond donors (Lipinski definition) is 0. The maximum absolute atomic E-state index is 13.4. The molecular weight excluding hydrogens is 240 g/mol. The van der Waals surface area contributed by atoms with E-state index < -0.39 is 11.6 Å². The van der Waals surface area contributed by atoms with Gasteiger partial charge in [-0.2, -0.15) is 0 Å². The molecule has 0 N–H and O–H groups in total. The summed E-state index contributed by atoms with van der Waals surface area (Å²) in [7, 11) is 0. The summed E-state index contributed by atoms with van der Waals surface area (Å²) >= 11 is 1.51. The molecule has 0 atom stereocenters. The maximum atomic E-state index is 13.4. The van der Waals surface area contributed by atoms with Crippen LogP contribution in [0.1, 0.15) is 36.0 Å². The van der Waals surface area contributed by atoms with E-state index in [1.54, 1.807) is 0 Å². The van der Waals surface area contributed by atoms with Crippen molar-refractivity contribution in [2.75, 3.05) is 0 Å². The van der Waals surface area contributed by atoms with Gasteiger partial charge >= 0.3 is 0 Å². The van der Waals surface area contributed by atoms with Gasteiger partial charge in [0.15, 0.2) is 0 Å². The van der Waals surface area contributed by atoms with Crippen LogP contribution in [0.4, 0.5) is 8.78 Å². The van der Waals surface area contributed by atoms with Crippen LogP contribution in [0.25, 0.3) is 0 Å². The van der Waals surface area contributed by atoms with Crippen molar-refractivity contribution in [1.82, 2.24) is 4.98 Å². The van der Waals surface area contributed by atoms with E-state index in [9.17, 15) is 8.78 Å². The van der Waals surface area contributed by atoms with Gasteiger partial charge in [-0.3, -0.25) is 0 Å². The van der Waals surface area contributed by atoms with Crippen LogP contribution in [-0.4, -0.2) is 4.98 Å². The third kappa shape index (κ3) is 2.88. The Morgan fingerprint density at radius 1 is 1.29 bits per heavy atom. The highest BCUT2D eigenvalue weighted by molar-refractivity contribution is 7.09. The van der Waals surface area contributed by atoms with E-state index in [0.29, 0.717) is 17.9 Å². The molecule has 0 amide bonds. The Balaban J connectivity index is 2.19. The van der Waals surface area contributed by atoms with E-state index in [0.717, 1.165) is 16.8 Å². The van der Waals surface area contributed by atoms with Gasteiger partial charge in [0.2, 0.25) is 0 Å². The van der Waals surface area contributed by atoms with Crippen molar-refractivity contribution in [2.45, 2.75) is 26.2 Å². The van der Waals surface area contributed by atoms with Crippen molar-refractivity contribution in [3.63, 3.8) is 0 Å². The first-order valence-electron chi connectivity index (χ1n) is 5.44. The topological polar surface area (TPSA) is 12.9 Å². The van der Waals surface area contributed by atoms with Crippen LogP contribution in [0.15, 0.2) is 23.6 Å². The van der Waals surface area contributed by atoms with Crippen molar-refractivity contribution in [3.05, 3.63) is 51.5 Å². The molecule has 0 saturated carbocycles. The lowest BCUT2D eigenvalue weighted by Crippen LogP contribution is -1.94. The fourth-order valence-corrected chi connectivity index (χ4v) is 2.48. The van der Waals surface area contributed by atoms with Crippen molar-refractivity contribution >= 4 is 11.3 Å². The number of rotatable bonds is 3. The number of nitrogens with zero attached hydrogens (tertiary/aromatic N) is 1. The first-order valence-corrected chi connectivity index (χ1v) is 6.32. The molecule has 90 valence electrons. The first kappa shape index (κ1) is 12.2. The third-order valence-electron chi connectivity index (χ3n) is 2.52. The minimum absolute atomic E-state index is 0.373. The average molecular weight is 253 g/mol. The van der Waals surface area contributed by atoms with Crippen LogP contribution >= 0.6 is 11.3 Å². The molecule has 0 aliphatic rings. The second-order valence-electron chi connectivity index (χ2n) is 4.23. The highest BCUT2D eigenvalue weighted by Gasteiger charge is 2.09. The normalized spacial score (nSPS) is 11.1. The molecule has 0 aliphatic carbocycles. The van der Waals surface area contributed by atoms with Gasteiger partial charge in [0.1, 0.15) is 11.6 Å². The van der Waals surface area contributed by atoms with Crippen LogP contribution in [0.2, 0.25) is 0 Å². The van der Waals surface area contributed by atoms with Crippen molar-refractivity contribution in [3.8, 4) is 0 Å². The summed E-state index contributed by atoms with van der Waals surface area (Å²) in [6.07, 6.45) is 0.420. The largest absolute Gasteiger partial charge is 0.246 e. The van der Waals surface area contributed by atoms with Gasteiger partial charge in [0.25, 0.3) is 0 Å². The molecule has 1 heterocycles. The Labute approximate surface area is 103 Å². The number of halogens is 2. The zero-order chi connectivity index (χ0) is 12.4. The summed E-state index contributed by atoms with van der Waals surface area (Å²) in [5.41, 5.74) is 1.50. The van der Waals surface area contributed by atoms with Crippen LogP contribution in [0, 0.1) is 11.6 Å². The molecule has 0 unspecified atom stereocenters. The van der Waals surface area contributed by atoms with E-state index in [1.807, 2.05) is 5.38 Å². The molecule has 2 aromatic rings. The molecule has 0 aliphatic heterocycles. The zero-order valence-electron chi connectivity index (χ0n) is 9.71. The molecule has 4 heteroatoms. The number of aromatic nitrogens is 1. The number of hydrogen-bond acceptors (Lipinski definition) is 2. The lowest BCUT2D eigenvalue weighted by molar-refractivity contribution is 0.574. The Morgan fingerprint density at radius 2 is 2.06 bits per heavy atom. The molecule has 1 aromatic heterocycles. The molecule has 1 nitrogen and oxygen atoms in total. The minimum Gasteiger partial charge on any atom is -0.246 e. The van der Waals surface area contributed by atoms with Crippen molar-refractivity contribution in [2.24, 2.45) is 0 Å². The smallest absolute Gasteiger partial charge is 0.129 e. The second-order valence-corrected chi connectivity index (χ2v) is 5.18. The monoisotopic (exact) mass is 253 g/mol. The lowest BCUT2D eigenvalue weighted by atomic mass is 10.1. The summed E-state index contributed by atoms with van der Waals surface area (Å²) in [6.45, 7) is 4.13. The van der Waals surface area contributed by atoms with Gasteiger partial charge in [0.05, 0.1) is 10.7 Å². The minimum atomic E-state index is -0.548. The Hall–Kier alpha value is -1.29. The highest BCUT2D eigenvalue weighted by Crippen LogP contribution is 2.21. The van der Waals surface area contributed by atoms with Crippen LogP contribution in [0.3, 0.4) is 0 Å². The molecule has 0 spiro atoms. The summed E-state index contributed by atoms with van der Waals surface area (Å²) in [4.78, 5) is 4.43. The summed E-state index contributed by atoms with van der Waals surface area (Å²) in [6, 6.07) is 3.66. The van der Waals surface area contributed by atoms with Crippen LogP contribution < -0.4 is 0 Å². The van der Waals surface area contributed by atoms with Gasteiger partial charge < -0.3 is 0 Å². The van der Waals surface area contributed by atoms with E-state index in [-0.39, 0.29) is 0 Å². The molecule has 0 radical (unpaired) electrons. The van der Waals surface area contributed by atoms with Gasteiger partial charge in [-0.1, -0.05) is 19.9 Å². The fourth-order valence-electron chi connectivity index (χ4n) is 1.50. The SMILES string of the molecule is CC(C)c1csc(Cc2ccc(F)cc2F)n1. The first-order chi connectivity index (χ1) is 8.06. The maximum Gasteiger partial charge on any atom is 0.129 e. The van der Waals surface area contributed by atoms with E-state index in [4.69, 9.17) is 0 Å². The van der Waals surface area contributed by atoms with Crippen molar-refractivity contribution < 1.29 is 8.78 Å². The quantitative estimate of drug-likeness (QED) is 0.801. The Bertz CT molecular complexity index is 520. The third-order valence-corrected chi connectivity index (χ3v) is 3.38. The molecule has 0 saturated heterocycles. The Kier molecular flexibility index (Phi) is 3.52. The van der Waals surface area contributed by atoms with Crippen LogP contribution in [-0.2, 0) is 6.42 Å².